The summed E-state index contributed by atoms with van der Waals surface area (Å²) in [6.45, 7) is 10.0. The van der Waals surface area contributed by atoms with E-state index < -0.39 is 11.7 Å². The molecular weight excluding hydrogens is 299 g/mol. The van der Waals surface area contributed by atoms with Crippen molar-refractivity contribution in [3.05, 3.63) is 21.9 Å². The highest BCUT2D eigenvalue weighted by Gasteiger charge is 2.42. The Morgan fingerprint density at radius 2 is 2.00 bits per heavy atom. The lowest BCUT2D eigenvalue weighted by molar-refractivity contribution is 0.0579. The van der Waals surface area contributed by atoms with E-state index in [1.54, 1.807) is 6.07 Å². The number of hydrogen-bond donors (Lipinski definition) is 0. The highest BCUT2D eigenvalue weighted by molar-refractivity contribution is 6.35. The third-order valence-corrected chi connectivity index (χ3v) is 3.54. The molecule has 0 aromatic carbocycles. The topological polar surface area (TPSA) is 42.4 Å². The van der Waals surface area contributed by atoms with Crippen molar-refractivity contribution in [2.45, 2.75) is 45.6 Å². The van der Waals surface area contributed by atoms with Crippen LogP contribution in [0, 0.1) is 0 Å². The van der Waals surface area contributed by atoms with Crippen molar-refractivity contribution in [2.24, 2.45) is 0 Å². The number of carbonyl (C=O) groups excluding carboxylic acids is 1. The first-order chi connectivity index (χ1) is 9.01. The molecular formula is C14H18Cl2N2O2. The van der Waals surface area contributed by atoms with Crippen molar-refractivity contribution in [1.82, 2.24) is 4.98 Å². The minimum Gasteiger partial charge on any atom is -0.443 e. The van der Waals surface area contributed by atoms with Gasteiger partial charge >= 0.3 is 6.09 Å². The maximum absolute atomic E-state index is 12.3. The standard InChI is InChI=1S/C14H18Cl2N2O2/c1-13(2,3)20-12(19)18-7-14(4,5)8-6-9(15)17-11(16)10(8)18/h6H,7H2,1-5H3. The quantitative estimate of drug-likeness (QED) is 0.665. The lowest BCUT2D eigenvalue weighted by Gasteiger charge is -2.26. The average molecular weight is 317 g/mol. The third kappa shape index (κ3) is 2.86. The van der Waals surface area contributed by atoms with E-state index in [-0.39, 0.29) is 10.6 Å². The Labute approximate surface area is 129 Å². The monoisotopic (exact) mass is 316 g/mol. The van der Waals surface area contributed by atoms with Crippen molar-refractivity contribution in [1.29, 1.82) is 0 Å². The van der Waals surface area contributed by atoms with Gasteiger partial charge in [0.1, 0.15) is 10.8 Å². The predicted octanol–water partition coefficient (Wildman–Crippen LogP) is 4.42. The van der Waals surface area contributed by atoms with Crippen LogP contribution in [0.1, 0.15) is 40.2 Å². The zero-order chi connectivity index (χ0) is 15.3. The normalized spacial score (nSPS) is 17.1. The number of halogens is 2. The maximum Gasteiger partial charge on any atom is 0.414 e. The number of pyridine rings is 1. The number of ether oxygens (including phenoxy) is 1. The predicted molar refractivity (Wildman–Crippen MR) is 80.9 cm³/mol. The Kier molecular flexibility index (Phi) is 3.68. The van der Waals surface area contributed by atoms with Gasteiger partial charge in [-0.3, -0.25) is 4.90 Å². The Bertz CT molecular complexity index is 565. The summed E-state index contributed by atoms with van der Waals surface area (Å²) in [5.41, 5.74) is 0.697. The van der Waals surface area contributed by atoms with Crippen LogP contribution >= 0.6 is 23.2 Å². The van der Waals surface area contributed by atoms with Crippen LogP contribution in [-0.4, -0.2) is 23.2 Å². The maximum atomic E-state index is 12.3. The van der Waals surface area contributed by atoms with Crippen molar-refractivity contribution >= 4 is 35.0 Å². The molecule has 20 heavy (non-hydrogen) atoms. The van der Waals surface area contributed by atoms with Gasteiger partial charge in [0.05, 0.1) is 5.69 Å². The summed E-state index contributed by atoms with van der Waals surface area (Å²) in [6, 6.07) is 1.76. The second kappa shape index (κ2) is 4.78. The van der Waals surface area contributed by atoms with Gasteiger partial charge in [0.2, 0.25) is 0 Å². The molecule has 0 spiro atoms. The van der Waals surface area contributed by atoms with E-state index in [2.05, 4.69) is 4.98 Å². The number of rotatable bonds is 0. The fourth-order valence-electron chi connectivity index (χ4n) is 2.28. The number of carbonyl (C=O) groups is 1. The molecule has 110 valence electrons. The Hall–Kier alpha value is -1.00. The second-order valence-corrected chi connectivity index (χ2v) is 7.33. The Morgan fingerprint density at radius 3 is 2.55 bits per heavy atom. The van der Waals surface area contributed by atoms with E-state index in [1.165, 1.54) is 4.90 Å². The van der Waals surface area contributed by atoms with Gasteiger partial charge in [0, 0.05) is 12.0 Å². The summed E-state index contributed by atoms with van der Waals surface area (Å²) >= 11 is 12.1. The third-order valence-electron chi connectivity index (χ3n) is 3.09. The number of amides is 1. The van der Waals surface area contributed by atoms with Crippen LogP contribution in [0.25, 0.3) is 0 Å². The van der Waals surface area contributed by atoms with Gasteiger partial charge in [-0.1, -0.05) is 37.0 Å². The molecule has 6 heteroatoms. The van der Waals surface area contributed by atoms with Gasteiger partial charge in [-0.05, 0) is 32.4 Å². The fraction of sp³-hybridized carbons (Fsp3) is 0.571. The molecule has 0 radical (unpaired) electrons. The van der Waals surface area contributed by atoms with E-state index in [1.807, 2.05) is 34.6 Å². The largest absolute Gasteiger partial charge is 0.443 e. The van der Waals surface area contributed by atoms with Gasteiger partial charge in [-0.25, -0.2) is 9.78 Å². The molecule has 1 aliphatic rings. The Morgan fingerprint density at radius 1 is 1.40 bits per heavy atom. The van der Waals surface area contributed by atoms with E-state index in [0.717, 1.165) is 5.56 Å². The van der Waals surface area contributed by atoms with Crippen LogP contribution < -0.4 is 4.90 Å². The summed E-state index contributed by atoms with van der Waals surface area (Å²) in [5.74, 6) is 0. The van der Waals surface area contributed by atoms with Gasteiger partial charge in [-0.15, -0.1) is 0 Å². The van der Waals surface area contributed by atoms with Crippen LogP contribution in [-0.2, 0) is 10.2 Å². The molecule has 2 rings (SSSR count). The summed E-state index contributed by atoms with van der Waals surface area (Å²) in [6.07, 6.45) is -0.421. The van der Waals surface area contributed by atoms with Crippen LogP contribution in [0.2, 0.25) is 10.3 Å². The molecule has 1 aromatic rings. The van der Waals surface area contributed by atoms with Gasteiger partial charge < -0.3 is 4.74 Å². The molecule has 1 amide bonds. The first kappa shape index (κ1) is 15.4. The van der Waals surface area contributed by atoms with Gasteiger partial charge in [0.15, 0.2) is 5.15 Å². The lowest BCUT2D eigenvalue weighted by atomic mass is 9.88. The van der Waals surface area contributed by atoms with E-state index >= 15 is 0 Å². The molecule has 0 unspecified atom stereocenters. The smallest absolute Gasteiger partial charge is 0.414 e. The first-order valence-electron chi connectivity index (χ1n) is 6.38. The van der Waals surface area contributed by atoms with Crippen LogP contribution in [0.4, 0.5) is 10.5 Å². The zero-order valence-corrected chi connectivity index (χ0v) is 13.8. The molecule has 0 N–H and O–H groups in total. The molecule has 1 aromatic heterocycles. The first-order valence-corrected chi connectivity index (χ1v) is 7.14. The number of aromatic nitrogens is 1. The molecule has 0 atom stereocenters. The molecule has 0 fully saturated rings. The summed E-state index contributed by atoms with van der Waals surface area (Å²) in [5, 5.41) is 0.553. The number of nitrogens with zero attached hydrogens (tertiary/aromatic N) is 2. The summed E-state index contributed by atoms with van der Waals surface area (Å²) < 4.78 is 5.42. The lowest BCUT2D eigenvalue weighted by Crippen LogP contribution is -2.38. The average Bonchev–Trinajstić information content (AvgIpc) is 2.49. The molecule has 0 bridgehead atoms. The highest BCUT2D eigenvalue weighted by Crippen LogP contribution is 2.45. The summed E-state index contributed by atoms with van der Waals surface area (Å²) in [4.78, 5) is 17.9. The second-order valence-electron chi connectivity index (χ2n) is 6.58. The molecule has 0 saturated carbocycles. The number of hydrogen-bond acceptors (Lipinski definition) is 3. The highest BCUT2D eigenvalue weighted by atomic mass is 35.5. The molecule has 1 aliphatic heterocycles. The van der Waals surface area contributed by atoms with E-state index in [9.17, 15) is 4.79 Å². The van der Waals surface area contributed by atoms with Crippen LogP contribution in [0.15, 0.2) is 6.07 Å². The minimum atomic E-state index is -0.559. The molecule has 4 nitrogen and oxygen atoms in total. The zero-order valence-electron chi connectivity index (χ0n) is 12.3. The van der Waals surface area contributed by atoms with E-state index in [4.69, 9.17) is 27.9 Å². The van der Waals surface area contributed by atoms with Crippen molar-refractivity contribution in [3.63, 3.8) is 0 Å². The van der Waals surface area contributed by atoms with Crippen molar-refractivity contribution in [3.8, 4) is 0 Å². The van der Waals surface area contributed by atoms with Gasteiger partial charge in [-0.2, -0.15) is 0 Å². The van der Waals surface area contributed by atoms with E-state index in [0.29, 0.717) is 17.4 Å². The molecule has 0 aliphatic carbocycles. The number of fused-ring (bicyclic) bond motifs is 1. The van der Waals surface area contributed by atoms with Crippen molar-refractivity contribution in [2.75, 3.05) is 11.4 Å². The summed E-state index contributed by atoms with van der Waals surface area (Å²) in [7, 11) is 0. The van der Waals surface area contributed by atoms with Crippen LogP contribution in [0.5, 0.6) is 0 Å². The Balaban J connectivity index is 2.45. The molecule has 0 saturated heterocycles. The molecule has 2 heterocycles. The van der Waals surface area contributed by atoms with Crippen molar-refractivity contribution < 1.29 is 9.53 Å². The SMILES string of the molecule is CC(C)(C)OC(=O)N1CC(C)(C)c2cc(Cl)nc(Cl)c21. The van der Waals surface area contributed by atoms with Gasteiger partial charge in [0.25, 0.3) is 0 Å². The number of anilines is 1. The fourth-order valence-corrected chi connectivity index (χ4v) is 2.81. The van der Waals surface area contributed by atoms with Crippen LogP contribution in [0.3, 0.4) is 0 Å². The minimum absolute atomic E-state index is 0.226.